The molecular weight excluding hydrogens is 492 g/mol. The summed E-state index contributed by atoms with van der Waals surface area (Å²) in [6, 6.07) is 1.44. The Bertz CT molecular complexity index is 1080. The minimum Gasteiger partial charge on any atom is -0.342 e. The number of amides is 1. The quantitative estimate of drug-likeness (QED) is 0.508. The van der Waals surface area contributed by atoms with Crippen LogP contribution in [0.2, 0.25) is 5.02 Å². The molecule has 0 radical (unpaired) electrons. The van der Waals surface area contributed by atoms with Gasteiger partial charge in [-0.3, -0.25) is 4.79 Å². The number of hydrogen-bond acceptors (Lipinski definition) is 5. The number of thiazole rings is 1. The number of carbonyl (C=O) groups excluding carboxylic acids is 1. The van der Waals surface area contributed by atoms with Crippen molar-refractivity contribution in [3.05, 3.63) is 57.6 Å². The number of hydrogen-bond donors (Lipinski definition) is 1. The predicted octanol–water partition coefficient (Wildman–Crippen LogP) is 5.02. The zero-order valence-corrected chi connectivity index (χ0v) is 17.8. The molecule has 2 heterocycles. The Balaban J connectivity index is 0.00000341. The van der Waals surface area contributed by atoms with E-state index in [4.69, 9.17) is 11.6 Å². The Hall–Kier alpha value is -2.32. The molecule has 0 saturated carbocycles. The lowest BCUT2D eigenvalue weighted by molar-refractivity contribution is -0.137. The van der Waals surface area contributed by atoms with Crippen molar-refractivity contribution in [2.24, 2.45) is 0 Å². The second kappa shape index (κ2) is 9.04. The Morgan fingerprint density at radius 2 is 1.81 bits per heavy atom. The monoisotopic (exact) mass is 503 g/mol. The van der Waals surface area contributed by atoms with Crippen LogP contribution in [-0.4, -0.2) is 25.7 Å². The Morgan fingerprint density at radius 3 is 2.39 bits per heavy atom. The molecule has 6 nitrogen and oxygen atoms in total. The maximum atomic E-state index is 12.9. The highest BCUT2D eigenvalue weighted by molar-refractivity contribution is 7.59. The topological polar surface area (TPSA) is 72.7 Å². The third kappa shape index (κ3) is 5.68. The van der Waals surface area contributed by atoms with Gasteiger partial charge in [-0.05, 0) is 25.1 Å². The maximum Gasteiger partial charge on any atom is 0.427 e. The number of benzene rings is 1. The molecule has 1 atom stereocenters. The molecule has 0 aliphatic heterocycles. The van der Waals surface area contributed by atoms with Crippen LogP contribution in [0.4, 0.5) is 26.3 Å². The number of halogens is 7. The summed E-state index contributed by atoms with van der Waals surface area (Å²) in [5, 5.41) is 5.80. The fraction of sp³-hybridized carbons (Fsp3) is 0.250. The van der Waals surface area contributed by atoms with Gasteiger partial charge in [0.25, 0.3) is 5.91 Å². The lowest BCUT2D eigenvalue weighted by Crippen LogP contribution is -2.29. The highest BCUT2D eigenvalue weighted by Crippen LogP contribution is 2.35. The van der Waals surface area contributed by atoms with Gasteiger partial charge in [0, 0.05) is 10.6 Å². The molecule has 0 saturated heterocycles. The fourth-order valence-corrected chi connectivity index (χ4v) is 3.40. The van der Waals surface area contributed by atoms with E-state index in [1.165, 1.54) is 6.92 Å². The van der Waals surface area contributed by atoms with Gasteiger partial charge in [0.1, 0.15) is 11.2 Å². The van der Waals surface area contributed by atoms with Gasteiger partial charge >= 0.3 is 12.4 Å². The molecule has 0 fully saturated rings. The van der Waals surface area contributed by atoms with Gasteiger partial charge in [-0.2, -0.15) is 49.6 Å². The molecular formula is C16H12ClF6N5OS2. The van der Waals surface area contributed by atoms with Gasteiger partial charge in [0.2, 0.25) is 5.13 Å². The number of nitrogens with zero attached hydrogens (tertiary/aromatic N) is 4. The molecule has 2 aromatic heterocycles. The molecule has 0 aliphatic rings. The molecule has 1 aromatic carbocycles. The highest BCUT2D eigenvalue weighted by atomic mass is 35.5. The number of nitrogens with one attached hydrogen (secondary N) is 1. The summed E-state index contributed by atoms with van der Waals surface area (Å²) in [4.78, 5) is 19.0. The van der Waals surface area contributed by atoms with Gasteiger partial charge in [-0.15, -0.1) is 0 Å². The first-order valence-electron chi connectivity index (χ1n) is 7.98. The van der Waals surface area contributed by atoms with Crippen molar-refractivity contribution in [2.45, 2.75) is 25.3 Å². The second-order valence-electron chi connectivity index (χ2n) is 5.96. The van der Waals surface area contributed by atoms with Crippen molar-refractivity contribution >= 4 is 42.3 Å². The third-order valence-electron chi connectivity index (χ3n) is 3.75. The van der Waals surface area contributed by atoms with Gasteiger partial charge in [-0.25, -0.2) is 9.97 Å². The molecule has 0 bridgehead atoms. The molecule has 0 unspecified atom stereocenters. The van der Waals surface area contributed by atoms with E-state index in [1.54, 1.807) is 0 Å². The minimum absolute atomic E-state index is 0. The minimum atomic E-state index is -4.70. The Labute approximate surface area is 186 Å². The number of rotatable bonds is 4. The fourth-order valence-electron chi connectivity index (χ4n) is 2.42. The van der Waals surface area contributed by atoms with Crippen molar-refractivity contribution in [1.29, 1.82) is 0 Å². The summed E-state index contributed by atoms with van der Waals surface area (Å²) in [6.45, 7) is 1.44. The van der Waals surface area contributed by atoms with Crippen LogP contribution in [0, 0.1) is 0 Å². The van der Waals surface area contributed by atoms with Crippen LogP contribution in [-0.2, 0) is 12.4 Å². The standard InChI is InChI=1S/C16H10ClF6N5OS.H2S/c1-7(27-13(29)8-2-9(15(18,19)20)4-10(17)3-8)12-25-6-26-28(12)14-24-5-11(30-14)16(21,22)23;/h2-7H,1H3,(H,27,29);1H2/t7-;/m0./s1. The van der Waals surface area contributed by atoms with E-state index in [0.717, 1.165) is 17.1 Å². The largest absolute Gasteiger partial charge is 0.427 e. The van der Waals surface area contributed by atoms with Crippen molar-refractivity contribution < 1.29 is 31.1 Å². The molecule has 31 heavy (non-hydrogen) atoms. The van der Waals surface area contributed by atoms with Crippen molar-refractivity contribution in [3.63, 3.8) is 0 Å². The summed E-state index contributed by atoms with van der Waals surface area (Å²) in [5.74, 6) is -0.857. The SMILES string of the molecule is C[C@H](NC(=O)c1cc(Cl)cc(C(F)(F)F)c1)c1ncnn1-c1ncc(C(F)(F)F)s1.S. The van der Waals surface area contributed by atoms with E-state index in [9.17, 15) is 31.1 Å². The molecule has 0 spiro atoms. The van der Waals surface area contributed by atoms with Gasteiger partial charge in [0.15, 0.2) is 5.82 Å². The van der Waals surface area contributed by atoms with E-state index in [1.807, 2.05) is 0 Å². The normalized spacial score (nSPS) is 12.9. The molecule has 3 rings (SSSR count). The molecule has 3 aromatic rings. The van der Waals surface area contributed by atoms with Crippen LogP contribution in [0.1, 0.15) is 39.6 Å². The average molecular weight is 504 g/mol. The van der Waals surface area contributed by atoms with Gasteiger partial charge in [0.05, 0.1) is 17.8 Å². The summed E-state index contributed by atoms with van der Waals surface area (Å²) in [7, 11) is 0. The van der Waals surface area contributed by atoms with E-state index in [2.05, 4.69) is 20.4 Å². The third-order valence-corrected chi connectivity index (χ3v) is 4.99. The first-order valence-corrected chi connectivity index (χ1v) is 9.17. The first-order chi connectivity index (χ1) is 13.9. The van der Waals surface area contributed by atoms with Crippen LogP contribution in [0.25, 0.3) is 5.13 Å². The predicted molar refractivity (Wildman–Crippen MR) is 105 cm³/mol. The molecule has 1 amide bonds. The van der Waals surface area contributed by atoms with Crippen LogP contribution in [0.5, 0.6) is 0 Å². The average Bonchev–Trinajstić information content (AvgIpc) is 3.29. The molecule has 15 heteroatoms. The summed E-state index contributed by atoms with van der Waals surface area (Å²) in [5.41, 5.74) is -1.44. The molecule has 168 valence electrons. The number of aromatic nitrogens is 4. The zero-order valence-electron chi connectivity index (χ0n) is 15.2. The van der Waals surface area contributed by atoms with Crippen LogP contribution in [0.3, 0.4) is 0 Å². The van der Waals surface area contributed by atoms with Crippen molar-refractivity contribution in [1.82, 2.24) is 25.1 Å². The van der Waals surface area contributed by atoms with Gasteiger partial charge < -0.3 is 5.32 Å². The summed E-state index contributed by atoms with van der Waals surface area (Å²) < 4.78 is 78.1. The number of carbonyl (C=O) groups is 1. The van der Waals surface area contributed by atoms with E-state index in [0.29, 0.717) is 29.7 Å². The van der Waals surface area contributed by atoms with E-state index >= 15 is 0 Å². The summed E-state index contributed by atoms with van der Waals surface area (Å²) in [6.07, 6.45) is -7.60. The van der Waals surface area contributed by atoms with E-state index in [-0.39, 0.29) is 35.0 Å². The molecule has 1 N–H and O–H groups in total. The molecule has 0 aliphatic carbocycles. The first kappa shape index (κ1) is 24.9. The lowest BCUT2D eigenvalue weighted by atomic mass is 10.1. The summed E-state index contributed by atoms with van der Waals surface area (Å²) >= 11 is 6.00. The Kier molecular flexibility index (Phi) is 7.28. The van der Waals surface area contributed by atoms with Crippen LogP contribution in [0.15, 0.2) is 30.7 Å². The lowest BCUT2D eigenvalue weighted by Gasteiger charge is -2.15. The number of alkyl halides is 6. The van der Waals surface area contributed by atoms with Crippen molar-refractivity contribution in [2.75, 3.05) is 0 Å². The van der Waals surface area contributed by atoms with Crippen LogP contribution >= 0.6 is 36.4 Å². The van der Waals surface area contributed by atoms with E-state index < -0.39 is 34.7 Å². The maximum absolute atomic E-state index is 12.9. The smallest absolute Gasteiger partial charge is 0.342 e. The van der Waals surface area contributed by atoms with Crippen LogP contribution < -0.4 is 5.32 Å². The highest BCUT2D eigenvalue weighted by Gasteiger charge is 2.34. The Morgan fingerprint density at radius 1 is 1.13 bits per heavy atom. The van der Waals surface area contributed by atoms with Gasteiger partial charge in [-0.1, -0.05) is 22.9 Å². The van der Waals surface area contributed by atoms with Crippen molar-refractivity contribution in [3.8, 4) is 5.13 Å². The second-order valence-corrected chi connectivity index (χ2v) is 7.40. The zero-order chi connectivity index (χ0) is 22.3.